The Hall–Kier alpha value is -3.86. The van der Waals surface area contributed by atoms with Crippen LogP contribution in [-0.2, 0) is 14.3 Å². The molecule has 0 spiro atoms. The van der Waals surface area contributed by atoms with Crippen LogP contribution in [0.15, 0.2) is 54.6 Å². The van der Waals surface area contributed by atoms with Gasteiger partial charge in [-0.1, -0.05) is 32.0 Å². The third kappa shape index (κ3) is 7.16. The molecule has 8 heteroatoms. The van der Waals surface area contributed by atoms with E-state index < -0.39 is 36.5 Å². The maximum absolute atomic E-state index is 12.2. The minimum atomic E-state index is -1.06. The average molecular weight is 423 g/mol. The topological polar surface area (TPSA) is 118 Å². The van der Waals surface area contributed by atoms with Gasteiger partial charge in [0.25, 0.3) is 11.8 Å². The van der Waals surface area contributed by atoms with E-state index in [2.05, 4.69) is 10.6 Å². The van der Waals surface area contributed by atoms with Crippen LogP contribution in [-0.4, -0.2) is 36.5 Å². The molecule has 1 atom stereocenters. The van der Waals surface area contributed by atoms with E-state index in [0.717, 1.165) is 0 Å². The van der Waals surface area contributed by atoms with E-state index in [0.29, 0.717) is 17.1 Å². The molecule has 2 N–H and O–H groups in total. The Kier molecular flexibility index (Phi) is 8.15. The molecule has 0 aliphatic heterocycles. The lowest BCUT2D eigenvalue weighted by atomic mass is 9.90. The second-order valence-electron chi connectivity index (χ2n) is 7.30. The number of para-hydroxylation sites is 1. The van der Waals surface area contributed by atoms with Gasteiger partial charge in [-0.15, -0.1) is 0 Å². The summed E-state index contributed by atoms with van der Waals surface area (Å²) in [4.78, 5) is 35.9. The van der Waals surface area contributed by atoms with Crippen molar-refractivity contribution in [1.29, 1.82) is 5.26 Å². The van der Waals surface area contributed by atoms with Crippen LogP contribution in [0, 0.1) is 17.2 Å². The van der Waals surface area contributed by atoms with Crippen molar-refractivity contribution >= 4 is 17.8 Å². The van der Waals surface area contributed by atoms with Gasteiger partial charge in [-0.05, 0) is 49.2 Å². The number of carbonyl (C=O) groups is 3. The monoisotopic (exact) mass is 423 g/mol. The number of nitrogens with zero attached hydrogens (tertiary/aromatic N) is 1. The first kappa shape index (κ1) is 23.4. The number of ether oxygens (including phenoxy) is 2. The highest BCUT2D eigenvalue weighted by atomic mass is 16.5. The number of benzene rings is 2. The maximum atomic E-state index is 12.2. The molecule has 0 aliphatic rings. The van der Waals surface area contributed by atoms with Gasteiger partial charge < -0.3 is 20.1 Å². The molecule has 2 amide bonds. The Balaban J connectivity index is 1.77. The van der Waals surface area contributed by atoms with Gasteiger partial charge >= 0.3 is 5.97 Å². The Morgan fingerprint density at radius 1 is 1.03 bits per heavy atom. The summed E-state index contributed by atoms with van der Waals surface area (Å²) in [6.45, 7) is 4.25. The van der Waals surface area contributed by atoms with E-state index in [1.54, 1.807) is 45.0 Å². The van der Waals surface area contributed by atoms with Crippen molar-refractivity contribution < 1.29 is 23.9 Å². The molecule has 31 heavy (non-hydrogen) atoms. The molecule has 0 aromatic heterocycles. The van der Waals surface area contributed by atoms with E-state index in [9.17, 15) is 19.6 Å². The Morgan fingerprint density at radius 2 is 1.65 bits per heavy atom. The molecule has 8 nitrogen and oxygen atoms in total. The van der Waals surface area contributed by atoms with Gasteiger partial charge in [0.1, 0.15) is 23.6 Å². The van der Waals surface area contributed by atoms with Crippen molar-refractivity contribution in [3.8, 4) is 17.6 Å². The fourth-order valence-electron chi connectivity index (χ4n) is 2.38. The first-order chi connectivity index (χ1) is 14.7. The van der Waals surface area contributed by atoms with Crippen molar-refractivity contribution in [2.75, 3.05) is 13.2 Å². The van der Waals surface area contributed by atoms with E-state index in [-0.39, 0.29) is 5.92 Å². The fraction of sp³-hybridized carbons (Fsp3) is 0.304. The Morgan fingerprint density at radius 3 is 2.23 bits per heavy atom. The Bertz CT molecular complexity index is 951. The zero-order valence-corrected chi connectivity index (χ0v) is 17.7. The van der Waals surface area contributed by atoms with E-state index in [4.69, 9.17) is 9.47 Å². The van der Waals surface area contributed by atoms with Crippen LogP contribution in [0.3, 0.4) is 0 Å². The Labute approximate surface area is 181 Å². The van der Waals surface area contributed by atoms with Gasteiger partial charge in [-0.2, -0.15) is 5.26 Å². The number of nitriles is 1. The zero-order chi connectivity index (χ0) is 22.9. The highest BCUT2D eigenvalue weighted by molar-refractivity contribution is 5.96. The van der Waals surface area contributed by atoms with Crippen LogP contribution in [0.5, 0.6) is 11.5 Å². The van der Waals surface area contributed by atoms with Crippen LogP contribution >= 0.6 is 0 Å². The number of amides is 2. The molecule has 0 unspecified atom stereocenters. The highest BCUT2D eigenvalue weighted by Gasteiger charge is 2.30. The van der Waals surface area contributed by atoms with Crippen molar-refractivity contribution in [2.45, 2.75) is 26.3 Å². The molecule has 162 valence electrons. The maximum Gasteiger partial charge on any atom is 0.325 e. The van der Waals surface area contributed by atoms with Crippen LogP contribution in [0.1, 0.15) is 31.1 Å². The number of esters is 1. The highest BCUT2D eigenvalue weighted by Crippen LogP contribution is 2.21. The lowest BCUT2D eigenvalue weighted by Gasteiger charge is -2.27. The quantitative estimate of drug-likeness (QED) is 0.599. The van der Waals surface area contributed by atoms with Gasteiger partial charge in [-0.3, -0.25) is 14.4 Å². The summed E-state index contributed by atoms with van der Waals surface area (Å²) in [5, 5.41) is 14.2. The van der Waals surface area contributed by atoms with E-state index >= 15 is 0 Å². The second kappa shape index (κ2) is 10.8. The summed E-state index contributed by atoms with van der Waals surface area (Å²) < 4.78 is 10.5. The third-order valence-corrected chi connectivity index (χ3v) is 4.64. The molecule has 0 heterocycles. The molecule has 0 saturated heterocycles. The number of hydrogen-bond acceptors (Lipinski definition) is 6. The predicted molar refractivity (Wildman–Crippen MR) is 113 cm³/mol. The van der Waals surface area contributed by atoms with Crippen molar-refractivity contribution in [2.24, 2.45) is 5.92 Å². The van der Waals surface area contributed by atoms with Crippen LogP contribution in [0.2, 0.25) is 0 Å². The summed E-state index contributed by atoms with van der Waals surface area (Å²) in [7, 11) is 0. The first-order valence-electron chi connectivity index (χ1n) is 9.72. The molecule has 2 rings (SSSR count). The third-order valence-electron chi connectivity index (χ3n) is 4.64. The van der Waals surface area contributed by atoms with Gasteiger partial charge in [0, 0.05) is 5.56 Å². The first-order valence-corrected chi connectivity index (χ1v) is 9.72. The molecular formula is C23H25N3O5. The normalized spacial score (nSPS) is 12.2. The minimum absolute atomic E-state index is 0.124. The van der Waals surface area contributed by atoms with E-state index in [1.807, 2.05) is 36.4 Å². The molecule has 0 saturated carbocycles. The van der Waals surface area contributed by atoms with E-state index in [1.165, 1.54) is 0 Å². The minimum Gasteiger partial charge on any atom is -0.457 e. The van der Waals surface area contributed by atoms with Gasteiger partial charge in [0.15, 0.2) is 6.61 Å². The smallest absolute Gasteiger partial charge is 0.325 e. The summed E-state index contributed by atoms with van der Waals surface area (Å²) in [5.74, 6) is -0.707. The van der Waals surface area contributed by atoms with Crippen LogP contribution in [0.25, 0.3) is 0 Å². The fourth-order valence-corrected chi connectivity index (χ4v) is 2.38. The lowest BCUT2D eigenvalue weighted by molar-refractivity contribution is -0.147. The molecule has 0 fully saturated rings. The average Bonchev–Trinajstić information content (AvgIpc) is 2.77. The lowest BCUT2D eigenvalue weighted by Crippen LogP contribution is -2.50. The van der Waals surface area contributed by atoms with Gasteiger partial charge in [-0.25, -0.2) is 0 Å². The summed E-state index contributed by atoms with van der Waals surface area (Å²) >= 11 is 0. The summed E-state index contributed by atoms with van der Waals surface area (Å²) in [5.41, 5.74) is -0.721. The zero-order valence-electron chi connectivity index (χ0n) is 17.7. The standard InChI is InChI=1S/C23H25N3O5/c1-16(2)23(3,15-24)26-20(27)14-30-21(28)13-25-22(29)17-9-11-19(12-10-17)31-18-7-5-4-6-8-18/h4-12,16H,13-14H2,1-3H3,(H,25,29)(H,26,27)/t23-/m0/s1. The largest absolute Gasteiger partial charge is 0.457 e. The van der Waals surface area contributed by atoms with Crippen LogP contribution < -0.4 is 15.4 Å². The van der Waals surface area contributed by atoms with Crippen molar-refractivity contribution in [3.63, 3.8) is 0 Å². The van der Waals surface area contributed by atoms with Crippen LogP contribution in [0.4, 0.5) is 0 Å². The molecule has 2 aromatic carbocycles. The van der Waals surface area contributed by atoms with Gasteiger partial charge in [0.2, 0.25) is 0 Å². The number of rotatable bonds is 9. The predicted octanol–water partition coefficient (Wildman–Crippen LogP) is 2.81. The summed E-state index contributed by atoms with van der Waals surface area (Å²) in [6.07, 6.45) is 0. The molecule has 0 bridgehead atoms. The number of carbonyl (C=O) groups excluding carboxylic acids is 3. The summed E-state index contributed by atoms with van der Waals surface area (Å²) in [6, 6.07) is 17.7. The second-order valence-corrected chi connectivity index (χ2v) is 7.30. The van der Waals surface area contributed by atoms with Gasteiger partial charge in [0.05, 0.1) is 6.07 Å². The molecular weight excluding hydrogens is 398 g/mol. The molecule has 2 aromatic rings. The SMILES string of the molecule is CC(C)[C@](C)(C#N)NC(=O)COC(=O)CNC(=O)c1ccc(Oc2ccccc2)cc1. The molecule has 0 aliphatic carbocycles. The number of hydrogen-bond donors (Lipinski definition) is 2. The number of nitrogens with one attached hydrogen (secondary N) is 2. The van der Waals surface area contributed by atoms with Crippen molar-refractivity contribution in [3.05, 3.63) is 60.2 Å². The molecule has 0 radical (unpaired) electrons. The van der Waals surface area contributed by atoms with Crippen molar-refractivity contribution in [1.82, 2.24) is 10.6 Å².